The van der Waals surface area contributed by atoms with Crippen LogP contribution in [0.3, 0.4) is 0 Å². The molecular weight excluding hydrogens is 248 g/mol. The lowest BCUT2D eigenvalue weighted by molar-refractivity contribution is -0.313. The van der Waals surface area contributed by atoms with Gasteiger partial charge in [-0.1, -0.05) is 12.2 Å². The summed E-state index contributed by atoms with van der Waals surface area (Å²) >= 11 is 0. The smallest absolute Gasteiger partial charge is 0.298 e. The summed E-state index contributed by atoms with van der Waals surface area (Å²) < 4.78 is 23.1. The molecule has 2 bridgehead atoms. The predicted molar refractivity (Wildman–Crippen MR) is 54.0 cm³/mol. The Kier molecular flexibility index (Phi) is 2.70. The first-order valence-electron chi connectivity index (χ1n) is 5.03. The molecule has 0 radical (unpaired) electrons. The van der Waals surface area contributed by atoms with Crippen molar-refractivity contribution in [2.75, 3.05) is 0 Å². The molecule has 2 aliphatic carbocycles. The molecule has 0 aromatic heterocycles. The molecule has 0 aliphatic heterocycles. The number of aliphatic carboxylic acids is 1. The average molecular weight is 259 g/mol. The van der Waals surface area contributed by atoms with Crippen molar-refractivity contribution in [1.82, 2.24) is 4.72 Å². The van der Waals surface area contributed by atoms with Crippen molar-refractivity contribution < 1.29 is 23.1 Å². The molecule has 1 saturated carbocycles. The van der Waals surface area contributed by atoms with Crippen LogP contribution in [-0.4, -0.2) is 20.3 Å². The molecule has 0 aromatic rings. The van der Waals surface area contributed by atoms with Gasteiger partial charge >= 0.3 is 0 Å². The van der Waals surface area contributed by atoms with Gasteiger partial charge in [0.2, 0.25) is 5.91 Å². The summed E-state index contributed by atoms with van der Waals surface area (Å²) in [4.78, 5) is 22.6. The number of carboxylic acid groups (broad SMARTS) is 1. The van der Waals surface area contributed by atoms with Crippen molar-refractivity contribution in [3.05, 3.63) is 12.2 Å². The van der Waals surface area contributed by atoms with Gasteiger partial charge in [-0.2, -0.15) is 8.42 Å². The highest BCUT2D eigenvalue weighted by Gasteiger charge is 2.49. The van der Waals surface area contributed by atoms with Gasteiger partial charge in [-0.05, 0) is 18.3 Å². The number of carbonyl (C=O) groups excluding carboxylic acids is 2. The van der Waals surface area contributed by atoms with Crippen LogP contribution in [0.15, 0.2) is 12.2 Å². The minimum Gasteiger partial charge on any atom is -0.550 e. The van der Waals surface area contributed by atoms with Crippen LogP contribution in [0, 0.1) is 23.7 Å². The monoisotopic (exact) mass is 259 g/mol. The number of carboxylic acids is 1. The number of hydrogen-bond donors (Lipinski definition) is 2. The Morgan fingerprint density at radius 3 is 2.24 bits per heavy atom. The summed E-state index contributed by atoms with van der Waals surface area (Å²) in [6.45, 7) is 0. The van der Waals surface area contributed by atoms with Crippen molar-refractivity contribution in [3.8, 4) is 0 Å². The van der Waals surface area contributed by atoms with Crippen molar-refractivity contribution in [2.45, 2.75) is 6.42 Å². The number of carbonyl (C=O) groups is 2. The molecule has 7 nitrogen and oxygen atoms in total. The van der Waals surface area contributed by atoms with Crippen molar-refractivity contribution in [3.63, 3.8) is 0 Å². The highest BCUT2D eigenvalue weighted by atomic mass is 32.2. The first-order valence-corrected chi connectivity index (χ1v) is 6.58. The van der Waals surface area contributed by atoms with E-state index in [0.29, 0.717) is 6.42 Å². The third-order valence-corrected chi connectivity index (χ3v) is 3.76. The fourth-order valence-corrected chi connectivity index (χ4v) is 3.13. The highest BCUT2D eigenvalue weighted by Crippen LogP contribution is 2.47. The zero-order chi connectivity index (χ0) is 12.8. The van der Waals surface area contributed by atoms with E-state index in [2.05, 4.69) is 5.14 Å². The molecule has 2 aliphatic rings. The molecule has 8 heteroatoms. The van der Waals surface area contributed by atoms with Gasteiger partial charge < -0.3 is 9.90 Å². The van der Waals surface area contributed by atoms with E-state index in [1.54, 1.807) is 16.9 Å². The summed E-state index contributed by atoms with van der Waals surface area (Å²) in [6, 6.07) is 0. The Morgan fingerprint density at radius 1 is 1.24 bits per heavy atom. The number of fused-ring (bicyclic) bond motifs is 2. The summed E-state index contributed by atoms with van der Waals surface area (Å²) in [5, 5.41) is 15.6. The van der Waals surface area contributed by atoms with Crippen LogP contribution in [0.4, 0.5) is 0 Å². The van der Waals surface area contributed by atoms with Crippen LogP contribution < -0.4 is 15.0 Å². The number of rotatable bonds is 3. The van der Waals surface area contributed by atoms with Crippen LogP contribution >= 0.6 is 0 Å². The number of amides is 1. The topological polar surface area (TPSA) is 129 Å². The van der Waals surface area contributed by atoms with Gasteiger partial charge in [-0.3, -0.25) is 4.79 Å². The lowest BCUT2D eigenvalue weighted by Crippen LogP contribution is -2.47. The fraction of sp³-hybridized carbons (Fsp3) is 0.556. The maximum atomic E-state index is 11.7. The van der Waals surface area contributed by atoms with E-state index in [1.165, 1.54) is 0 Å². The number of hydrogen-bond acceptors (Lipinski definition) is 5. The van der Waals surface area contributed by atoms with Crippen LogP contribution in [0.1, 0.15) is 6.42 Å². The van der Waals surface area contributed by atoms with E-state index in [9.17, 15) is 23.1 Å². The van der Waals surface area contributed by atoms with Crippen LogP contribution in [0.2, 0.25) is 0 Å². The number of allylic oxidation sites excluding steroid dienone is 2. The van der Waals surface area contributed by atoms with Crippen LogP contribution in [0.25, 0.3) is 0 Å². The van der Waals surface area contributed by atoms with Crippen LogP contribution in [-0.2, 0) is 19.8 Å². The first-order chi connectivity index (χ1) is 7.79. The Balaban J connectivity index is 2.23. The summed E-state index contributed by atoms with van der Waals surface area (Å²) in [5.41, 5.74) is 0. The van der Waals surface area contributed by atoms with Crippen LogP contribution in [0.5, 0.6) is 0 Å². The van der Waals surface area contributed by atoms with Gasteiger partial charge in [-0.25, -0.2) is 9.86 Å². The second kappa shape index (κ2) is 3.81. The number of nitrogens with one attached hydrogen (secondary N) is 1. The second-order valence-corrected chi connectivity index (χ2v) is 5.62. The predicted octanol–water partition coefficient (Wildman–Crippen LogP) is -2.51. The maximum Gasteiger partial charge on any atom is 0.298 e. The highest BCUT2D eigenvalue weighted by molar-refractivity contribution is 7.87. The Hall–Kier alpha value is -1.41. The van der Waals surface area contributed by atoms with E-state index in [1.807, 2.05) is 0 Å². The minimum atomic E-state index is -4.16. The van der Waals surface area contributed by atoms with Gasteiger partial charge in [-0.15, -0.1) is 0 Å². The third-order valence-electron chi connectivity index (χ3n) is 3.28. The molecule has 0 spiro atoms. The molecule has 94 valence electrons. The maximum absolute atomic E-state index is 11.7. The first kappa shape index (κ1) is 12.1. The molecule has 4 atom stereocenters. The second-order valence-electron chi connectivity index (χ2n) is 4.33. The molecule has 17 heavy (non-hydrogen) atoms. The SMILES string of the molecule is NS(=O)(=O)NC(=O)C1C2C=CC(C2)C1C(=O)[O-]. The Bertz CT molecular complexity index is 498. The zero-order valence-electron chi connectivity index (χ0n) is 8.70. The summed E-state index contributed by atoms with van der Waals surface area (Å²) in [5.74, 6) is -4.64. The van der Waals surface area contributed by atoms with Crippen molar-refractivity contribution in [2.24, 2.45) is 28.8 Å². The Labute approximate surface area is 97.9 Å². The number of nitrogens with two attached hydrogens (primary N) is 1. The molecule has 0 saturated heterocycles. The standard InChI is InChI=1S/C9H12N2O5S/c10-17(15,16)11-8(12)6-4-1-2-5(3-4)7(6)9(13)14/h1-2,4-7H,3H2,(H,11,12)(H,13,14)(H2,10,15,16)/p-1. The largest absolute Gasteiger partial charge is 0.550 e. The van der Waals surface area contributed by atoms with E-state index < -0.39 is 33.9 Å². The van der Waals surface area contributed by atoms with Gasteiger partial charge in [0.1, 0.15) is 0 Å². The molecule has 1 fully saturated rings. The molecule has 1 amide bonds. The van der Waals surface area contributed by atoms with Gasteiger partial charge in [0, 0.05) is 11.9 Å². The fourth-order valence-electron chi connectivity index (χ4n) is 2.71. The van der Waals surface area contributed by atoms with E-state index in [0.717, 1.165) is 0 Å². The summed E-state index contributed by atoms with van der Waals surface area (Å²) in [7, 11) is -4.16. The van der Waals surface area contributed by atoms with E-state index >= 15 is 0 Å². The molecule has 4 unspecified atom stereocenters. The molecule has 0 heterocycles. The molecule has 0 aromatic carbocycles. The van der Waals surface area contributed by atoms with Gasteiger partial charge in [0.15, 0.2) is 0 Å². The summed E-state index contributed by atoms with van der Waals surface area (Å²) in [6.07, 6.45) is 3.99. The van der Waals surface area contributed by atoms with Crippen molar-refractivity contribution in [1.29, 1.82) is 0 Å². The van der Waals surface area contributed by atoms with Gasteiger partial charge in [0.25, 0.3) is 10.2 Å². The molecule has 2 rings (SSSR count). The average Bonchev–Trinajstić information content (AvgIpc) is 2.72. The minimum absolute atomic E-state index is 0.260. The normalized spacial score (nSPS) is 34.9. The quantitative estimate of drug-likeness (QED) is 0.541. The third kappa shape index (κ3) is 2.18. The van der Waals surface area contributed by atoms with Gasteiger partial charge in [0.05, 0.1) is 5.92 Å². The van der Waals surface area contributed by atoms with E-state index in [-0.39, 0.29) is 11.8 Å². The zero-order valence-corrected chi connectivity index (χ0v) is 9.51. The Morgan fingerprint density at radius 2 is 1.76 bits per heavy atom. The molecular formula is C9H11N2O5S-. The van der Waals surface area contributed by atoms with E-state index in [4.69, 9.17) is 0 Å². The lowest BCUT2D eigenvalue weighted by atomic mass is 9.83. The van der Waals surface area contributed by atoms with Crippen molar-refractivity contribution >= 4 is 22.1 Å². The molecule has 3 N–H and O–H groups in total. The lowest BCUT2D eigenvalue weighted by Gasteiger charge is -2.27.